The maximum Gasteiger partial charge on any atom is 0.258 e. The van der Waals surface area contributed by atoms with Crippen molar-refractivity contribution in [3.05, 3.63) is 53.8 Å². The van der Waals surface area contributed by atoms with Crippen LogP contribution in [0.4, 0.5) is 15.8 Å². The van der Waals surface area contributed by atoms with Crippen LogP contribution >= 0.6 is 11.8 Å². The summed E-state index contributed by atoms with van der Waals surface area (Å²) >= 11 is 1.73. The first-order chi connectivity index (χ1) is 11.5. The van der Waals surface area contributed by atoms with Crippen LogP contribution in [-0.2, 0) is 4.79 Å². The van der Waals surface area contributed by atoms with Gasteiger partial charge >= 0.3 is 0 Å². The van der Waals surface area contributed by atoms with E-state index in [1.807, 2.05) is 24.3 Å². The van der Waals surface area contributed by atoms with Crippen LogP contribution in [0.25, 0.3) is 0 Å². The zero-order valence-electron chi connectivity index (χ0n) is 13.4. The van der Waals surface area contributed by atoms with Crippen molar-refractivity contribution < 1.29 is 14.0 Å². The molecule has 0 bridgehead atoms. The van der Waals surface area contributed by atoms with Crippen molar-refractivity contribution >= 4 is 35.0 Å². The Morgan fingerprint density at radius 3 is 2.75 bits per heavy atom. The first-order valence-corrected chi connectivity index (χ1v) is 8.48. The Kier molecular flexibility index (Phi) is 4.57. The number of fused-ring (bicyclic) bond motifs is 1. The highest BCUT2D eigenvalue weighted by Crippen LogP contribution is 2.38. The summed E-state index contributed by atoms with van der Waals surface area (Å²) < 4.78 is 13.8. The van der Waals surface area contributed by atoms with Crippen molar-refractivity contribution in [2.45, 2.75) is 24.0 Å². The van der Waals surface area contributed by atoms with Crippen LogP contribution < -0.4 is 10.2 Å². The number of carbonyl (C=O) groups excluding carboxylic acids is 2. The van der Waals surface area contributed by atoms with Crippen LogP contribution in [0, 0.1) is 5.82 Å². The maximum atomic E-state index is 13.8. The summed E-state index contributed by atoms with van der Waals surface area (Å²) in [5.41, 5.74) is 1.21. The van der Waals surface area contributed by atoms with Gasteiger partial charge in [-0.05, 0) is 30.3 Å². The second-order valence-corrected chi connectivity index (χ2v) is 7.17. The third-order valence-electron chi connectivity index (χ3n) is 3.69. The van der Waals surface area contributed by atoms with E-state index in [2.05, 4.69) is 12.2 Å². The fraction of sp³-hybridized carbons (Fsp3) is 0.222. The molecule has 0 aliphatic carbocycles. The van der Waals surface area contributed by atoms with Crippen molar-refractivity contribution in [2.24, 2.45) is 0 Å². The molecule has 0 saturated carbocycles. The summed E-state index contributed by atoms with van der Waals surface area (Å²) in [6.45, 7) is 3.94. The van der Waals surface area contributed by atoms with Crippen LogP contribution in [0.3, 0.4) is 0 Å². The predicted molar refractivity (Wildman–Crippen MR) is 94.1 cm³/mol. The van der Waals surface area contributed by atoms with Gasteiger partial charge in [-0.3, -0.25) is 9.59 Å². The number of nitrogens with one attached hydrogen (secondary N) is 1. The average Bonchev–Trinajstić information content (AvgIpc) is 2.55. The van der Waals surface area contributed by atoms with Gasteiger partial charge < -0.3 is 10.2 Å². The highest BCUT2D eigenvalue weighted by atomic mass is 32.2. The summed E-state index contributed by atoms with van der Waals surface area (Å²) in [6, 6.07) is 11.8. The summed E-state index contributed by atoms with van der Waals surface area (Å²) in [5, 5.41) is 2.67. The van der Waals surface area contributed by atoms with Gasteiger partial charge in [0.2, 0.25) is 5.91 Å². The number of hydrogen-bond acceptors (Lipinski definition) is 3. The lowest BCUT2D eigenvalue weighted by molar-refractivity contribution is -0.114. The first-order valence-electron chi connectivity index (χ1n) is 7.60. The Balaban J connectivity index is 1.96. The molecule has 0 spiro atoms. The van der Waals surface area contributed by atoms with E-state index in [-0.39, 0.29) is 22.8 Å². The minimum atomic E-state index is -0.565. The Hall–Kier alpha value is -2.34. The molecular formula is C18H17FN2O2S. The summed E-state index contributed by atoms with van der Waals surface area (Å²) in [5.74, 6) is -1.15. The average molecular weight is 344 g/mol. The molecule has 2 amide bonds. The zero-order chi connectivity index (χ0) is 17.3. The number of para-hydroxylation sites is 1. The molecule has 3 rings (SSSR count). The molecule has 2 aromatic rings. The third-order valence-corrected chi connectivity index (χ3v) is 4.84. The molecule has 1 atom stereocenters. The van der Waals surface area contributed by atoms with Gasteiger partial charge in [0.15, 0.2) is 0 Å². The van der Waals surface area contributed by atoms with Gasteiger partial charge in [-0.1, -0.05) is 19.1 Å². The van der Waals surface area contributed by atoms with Crippen LogP contribution in [0.1, 0.15) is 24.2 Å². The summed E-state index contributed by atoms with van der Waals surface area (Å²) in [7, 11) is 0. The maximum absolute atomic E-state index is 13.8. The lowest BCUT2D eigenvalue weighted by Crippen LogP contribution is -2.38. The lowest BCUT2D eigenvalue weighted by Gasteiger charge is -2.32. The number of halogens is 1. The Morgan fingerprint density at radius 1 is 1.25 bits per heavy atom. The lowest BCUT2D eigenvalue weighted by atomic mass is 10.1. The van der Waals surface area contributed by atoms with E-state index in [9.17, 15) is 14.0 Å². The molecule has 0 fully saturated rings. The molecule has 1 heterocycles. The third kappa shape index (κ3) is 3.28. The van der Waals surface area contributed by atoms with Gasteiger partial charge in [0.25, 0.3) is 5.91 Å². The molecule has 1 aliphatic heterocycles. The predicted octanol–water partition coefficient (Wildman–Crippen LogP) is 3.93. The van der Waals surface area contributed by atoms with E-state index >= 15 is 0 Å². The second kappa shape index (κ2) is 6.65. The fourth-order valence-electron chi connectivity index (χ4n) is 2.68. The minimum Gasteiger partial charge on any atom is -0.324 e. The highest BCUT2D eigenvalue weighted by molar-refractivity contribution is 8.00. The molecule has 124 valence electrons. The molecule has 0 saturated heterocycles. The Bertz CT molecular complexity index is 809. The topological polar surface area (TPSA) is 49.4 Å². The molecule has 1 N–H and O–H groups in total. The minimum absolute atomic E-state index is 0.0149. The normalized spacial score (nSPS) is 16.5. The number of nitrogens with zero attached hydrogens (tertiary/aromatic N) is 1. The molecule has 24 heavy (non-hydrogen) atoms. The van der Waals surface area contributed by atoms with Gasteiger partial charge in [-0.15, -0.1) is 11.8 Å². The van der Waals surface area contributed by atoms with Crippen LogP contribution in [0.5, 0.6) is 0 Å². The molecule has 4 nitrogen and oxygen atoms in total. The van der Waals surface area contributed by atoms with Gasteiger partial charge in [0, 0.05) is 29.2 Å². The van der Waals surface area contributed by atoms with Gasteiger partial charge in [0.1, 0.15) is 5.82 Å². The number of benzene rings is 2. The molecule has 0 aromatic heterocycles. The fourth-order valence-corrected chi connectivity index (χ4v) is 3.79. The number of amides is 2. The van der Waals surface area contributed by atoms with E-state index in [4.69, 9.17) is 0 Å². The van der Waals surface area contributed by atoms with Gasteiger partial charge in [0.05, 0.1) is 11.4 Å². The van der Waals surface area contributed by atoms with Gasteiger partial charge in [-0.2, -0.15) is 0 Å². The van der Waals surface area contributed by atoms with Crippen molar-refractivity contribution in [2.75, 3.05) is 16.8 Å². The Morgan fingerprint density at radius 2 is 2.00 bits per heavy atom. The smallest absolute Gasteiger partial charge is 0.258 e. The zero-order valence-corrected chi connectivity index (χ0v) is 14.2. The standard InChI is InChI=1S/C18H17FN2O2S/c1-11-10-21(16-5-3-4-6-17(16)24-11)18(23)13-7-8-14(19)15(9-13)20-12(2)22/h3-9,11H,10H2,1-2H3,(H,20,22). The molecular weight excluding hydrogens is 327 g/mol. The molecule has 0 radical (unpaired) electrons. The van der Waals surface area contributed by atoms with Crippen molar-refractivity contribution in [1.82, 2.24) is 0 Å². The van der Waals surface area contributed by atoms with Crippen molar-refractivity contribution in [3.63, 3.8) is 0 Å². The molecule has 6 heteroatoms. The SMILES string of the molecule is CC(=O)Nc1cc(C(=O)N2CC(C)Sc3ccccc32)ccc1F. The highest BCUT2D eigenvalue weighted by Gasteiger charge is 2.27. The van der Waals surface area contributed by atoms with Crippen LogP contribution in [0.15, 0.2) is 47.4 Å². The number of carbonyl (C=O) groups is 2. The van der Waals surface area contributed by atoms with E-state index < -0.39 is 5.82 Å². The molecule has 2 aromatic carbocycles. The van der Waals surface area contributed by atoms with E-state index in [0.29, 0.717) is 12.1 Å². The Labute approximate surface area is 144 Å². The molecule has 1 aliphatic rings. The second-order valence-electron chi connectivity index (χ2n) is 5.69. The number of anilines is 2. The number of rotatable bonds is 2. The van der Waals surface area contributed by atoms with E-state index in [1.165, 1.54) is 25.1 Å². The first kappa shape index (κ1) is 16.5. The summed E-state index contributed by atoms with van der Waals surface area (Å²) in [4.78, 5) is 26.9. The van der Waals surface area contributed by atoms with Crippen molar-refractivity contribution in [3.8, 4) is 0 Å². The quantitative estimate of drug-likeness (QED) is 0.898. The monoisotopic (exact) mass is 344 g/mol. The van der Waals surface area contributed by atoms with Crippen LogP contribution in [-0.4, -0.2) is 23.6 Å². The summed E-state index contributed by atoms with van der Waals surface area (Å²) in [6.07, 6.45) is 0. The van der Waals surface area contributed by atoms with Crippen LogP contribution in [0.2, 0.25) is 0 Å². The number of thioether (sulfide) groups is 1. The van der Waals surface area contributed by atoms with E-state index in [1.54, 1.807) is 16.7 Å². The van der Waals surface area contributed by atoms with Gasteiger partial charge in [-0.25, -0.2) is 4.39 Å². The largest absolute Gasteiger partial charge is 0.324 e. The number of hydrogen-bond donors (Lipinski definition) is 1. The molecule has 1 unspecified atom stereocenters. The van der Waals surface area contributed by atoms with Crippen molar-refractivity contribution in [1.29, 1.82) is 0 Å². The van der Waals surface area contributed by atoms with E-state index in [0.717, 1.165) is 10.6 Å².